The number of pyridine rings is 1. The molecule has 8 nitrogen and oxygen atoms in total. The Bertz CT molecular complexity index is 842. The molecule has 10 heteroatoms. The van der Waals surface area contributed by atoms with E-state index in [0.29, 0.717) is 0 Å². The van der Waals surface area contributed by atoms with E-state index >= 15 is 0 Å². The van der Waals surface area contributed by atoms with Crippen molar-refractivity contribution in [3.63, 3.8) is 0 Å². The Morgan fingerprint density at radius 2 is 1.95 bits per heavy atom. The first-order chi connectivity index (χ1) is 9.79. The van der Waals surface area contributed by atoms with Crippen LogP contribution in [0.5, 0.6) is 0 Å². The number of hydrogen-bond acceptors (Lipinski definition) is 5. The lowest BCUT2D eigenvalue weighted by molar-refractivity contribution is -0.384. The smallest absolute Gasteiger partial charge is 0.271 e. The van der Waals surface area contributed by atoms with Gasteiger partial charge in [-0.25, -0.2) is 8.42 Å². The number of nitrogens with one attached hydrogen (secondary N) is 2. The predicted molar refractivity (Wildman–Crippen MR) is 76.0 cm³/mol. The van der Waals surface area contributed by atoms with Crippen LogP contribution in [0.3, 0.4) is 0 Å². The molecular formula is C11H8ClN3O5S. The van der Waals surface area contributed by atoms with Gasteiger partial charge in [-0.05, 0) is 12.1 Å². The van der Waals surface area contributed by atoms with Crippen LogP contribution in [0.2, 0.25) is 5.02 Å². The van der Waals surface area contributed by atoms with Gasteiger partial charge in [0, 0.05) is 24.4 Å². The summed E-state index contributed by atoms with van der Waals surface area (Å²) in [5, 5.41) is 10.5. The Morgan fingerprint density at radius 1 is 1.24 bits per heavy atom. The highest BCUT2D eigenvalue weighted by Gasteiger charge is 2.17. The number of anilines is 1. The van der Waals surface area contributed by atoms with Crippen molar-refractivity contribution in [3.05, 3.63) is 62.0 Å². The second kappa shape index (κ2) is 5.54. The first-order valence-corrected chi connectivity index (χ1v) is 7.31. The summed E-state index contributed by atoms with van der Waals surface area (Å²) in [4.78, 5) is 22.9. The summed E-state index contributed by atoms with van der Waals surface area (Å²) in [6, 6.07) is 5.53. The Balaban J connectivity index is 2.35. The molecule has 2 aromatic rings. The van der Waals surface area contributed by atoms with E-state index in [1.165, 1.54) is 6.07 Å². The number of hydrogen-bond donors (Lipinski definition) is 2. The molecule has 21 heavy (non-hydrogen) atoms. The number of sulfonamides is 1. The fourth-order valence-corrected chi connectivity index (χ4v) is 2.79. The van der Waals surface area contributed by atoms with Crippen LogP contribution in [0, 0.1) is 10.1 Å². The second-order valence-corrected chi connectivity index (χ2v) is 6.00. The van der Waals surface area contributed by atoms with E-state index in [-0.39, 0.29) is 21.3 Å². The van der Waals surface area contributed by atoms with Gasteiger partial charge in [-0.3, -0.25) is 19.6 Å². The normalized spacial score (nSPS) is 11.1. The van der Waals surface area contributed by atoms with Crippen molar-refractivity contribution in [2.45, 2.75) is 4.90 Å². The Kier molecular flexibility index (Phi) is 3.96. The van der Waals surface area contributed by atoms with Crippen LogP contribution < -0.4 is 10.3 Å². The fourth-order valence-electron chi connectivity index (χ4n) is 1.47. The number of H-pyrrole nitrogens is 1. The first-order valence-electron chi connectivity index (χ1n) is 5.45. The number of aromatic amines is 1. The molecule has 0 unspecified atom stereocenters. The molecule has 1 aromatic carbocycles. The summed E-state index contributed by atoms with van der Waals surface area (Å²) in [6.07, 6.45) is 1.03. The van der Waals surface area contributed by atoms with E-state index in [1.54, 1.807) is 0 Å². The number of rotatable bonds is 4. The molecule has 0 amide bonds. The van der Waals surface area contributed by atoms with E-state index in [1.807, 2.05) is 0 Å². The van der Waals surface area contributed by atoms with Gasteiger partial charge in [0.1, 0.15) is 4.90 Å². The third-order valence-electron chi connectivity index (χ3n) is 2.47. The lowest BCUT2D eigenvalue weighted by Crippen LogP contribution is -2.15. The molecule has 2 N–H and O–H groups in total. The van der Waals surface area contributed by atoms with E-state index in [4.69, 9.17) is 11.6 Å². The molecule has 0 atom stereocenters. The lowest BCUT2D eigenvalue weighted by Gasteiger charge is -2.09. The van der Waals surface area contributed by atoms with Crippen LogP contribution in [0.1, 0.15) is 0 Å². The molecule has 110 valence electrons. The summed E-state index contributed by atoms with van der Waals surface area (Å²) in [5.74, 6) is 0. The highest BCUT2D eigenvalue weighted by atomic mass is 35.5. The van der Waals surface area contributed by atoms with E-state index < -0.39 is 20.5 Å². The van der Waals surface area contributed by atoms with Gasteiger partial charge in [0.05, 0.1) is 15.6 Å². The maximum absolute atomic E-state index is 12.1. The monoisotopic (exact) mass is 329 g/mol. The predicted octanol–water partition coefficient (Wildman–Crippen LogP) is 1.74. The Morgan fingerprint density at radius 3 is 2.48 bits per heavy atom. The number of nitro groups is 1. The quantitative estimate of drug-likeness (QED) is 0.653. The summed E-state index contributed by atoms with van der Waals surface area (Å²) < 4.78 is 26.3. The molecule has 0 aliphatic carbocycles. The van der Waals surface area contributed by atoms with E-state index in [2.05, 4.69) is 9.71 Å². The van der Waals surface area contributed by atoms with E-state index in [9.17, 15) is 23.3 Å². The Labute approximate surface area is 123 Å². The van der Waals surface area contributed by atoms with Gasteiger partial charge < -0.3 is 4.98 Å². The third-order valence-corrected chi connectivity index (χ3v) is 4.15. The molecule has 0 saturated heterocycles. The first kappa shape index (κ1) is 15.0. The van der Waals surface area contributed by atoms with Crippen LogP contribution in [0.15, 0.2) is 46.2 Å². The van der Waals surface area contributed by atoms with Crippen molar-refractivity contribution < 1.29 is 13.3 Å². The number of halogens is 1. The van der Waals surface area contributed by atoms with Crippen molar-refractivity contribution in [1.29, 1.82) is 0 Å². The molecule has 0 aliphatic heterocycles. The van der Waals surface area contributed by atoms with Crippen molar-refractivity contribution >= 4 is 33.0 Å². The molecule has 0 radical (unpaired) electrons. The topological polar surface area (TPSA) is 122 Å². The number of non-ortho nitro benzene ring substituents is 1. The number of nitrogens with zero attached hydrogens (tertiary/aromatic N) is 1. The number of nitro benzene ring substituents is 1. The summed E-state index contributed by atoms with van der Waals surface area (Å²) in [5.41, 5.74) is -0.706. The van der Waals surface area contributed by atoms with Gasteiger partial charge in [-0.15, -0.1) is 0 Å². The molecule has 2 rings (SSSR count). The van der Waals surface area contributed by atoms with Crippen LogP contribution >= 0.6 is 11.6 Å². The highest BCUT2D eigenvalue weighted by Crippen LogP contribution is 2.28. The standard InChI is InChI=1S/C11H8ClN3O5S/c12-9-5-7(15(17)18)1-3-10(9)14-21(19,20)8-2-4-11(16)13-6-8/h1-6,14H,(H,13,16). The molecule has 0 spiro atoms. The summed E-state index contributed by atoms with van der Waals surface area (Å²) >= 11 is 5.80. The average molecular weight is 330 g/mol. The molecule has 0 aliphatic rings. The average Bonchev–Trinajstić information content (AvgIpc) is 2.41. The maximum Gasteiger partial charge on any atom is 0.271 e. The van der Waals surface area contributed by atoms with Crippen molar-refractivity contribution in [2.24, 2.45) is 0 Å². The summed E-state index contributed by atoms with van der Waals surface area (Å²) in [7, 11) is -3.96. The van der Waals surface area contributed by atoms with Gasteiger partial charge in [0.25, 0.3) is 15.7 Å². The summed E-state index contributed by atoms with van der Waals surface area (Å²) in [6.45, 7) is 0. The second-order valence-electron chi connectivity index (χ2n) is 3.92. The highest BCUT2D eigenvalue weighted by molar-refractivity contribution is 7.92. The third kappa shape index (κ3) is 3.38. The van der Waals surface area contributed by atoms with Gasteiger partial charge in [0.2, 0.25) is 5.56 Å². The van der Waals surface area contributed by atoms with Crippen molar-refractivity contribution in [2.75, 3.05) is 4.72 Å². The lowest BCUT2D eigenvalue weighted by atomic mass is 10.3. The van der Waals surface area contributed by atoms with Crippen LogP contribution in [-0.2, 0) is 10.0 Å². The molecule has 1 aromatic heterocycles. The van der Waals surface area contributed by atoms with Crippen molar-refractivity contribution in [3.8, 4) is 0 Å². The van der Waals surface area contributed by atoms with Crippen LogP contribution in [0.25, 0.3) is 0 Å². The van der Waals surface area contributed by atoms with Crippen molar-refractivity contribution in [1.82, 2.24) is 4.98 Å². The molecule has 0 saturated carbocycles. The molecule has 1 heterocycles. The largest absolute Gasteiger partial charge is 0.328 e. The minimum atomic E-state index is -3.96. The van der Waals surface area contributed by atoms with E-state index in [0.717, 1.165) is 30.5 Å². The maximum atomic E-state index is 12.1. The number of benzene rings is 1. The Hall–Kier alpha value is -2.39. The zero-order chi connectivity index (χ0) is 15.6. The zero-order valence-electron chi connectivity index (χ0n) is 10.2. The fraction of sp³-hybridized carbons (Fsp3) is 0. The minimum absolute atomic E-state index is 0.00605. The molecular weight excluding hydrogens is 322 g/mol. The number of aromatic nitrogens is 1. The van der Waals surface area contributed by atoms with Gasteiger partial charge in [0.15, 0.2) is 0 Å². The van der Waals surface area contributed by atoms with Gasteiger partial charge in [-0.1, -0.05) is 11.6 Å². The molecule has 0 fully saturated rings. The molecule has 0 bridgehead atoms. The van der Waals surface area contributed by atoms with Gasteiger partial charge in [-0.2, -0.15) is 0 Å². The van der Waals surface area contributed by atoms with Crippen LogP contribution in [0.4, 0.5) is 11.4 Å². The SMILES string of the molecule is O=c1ccc(S(=O)(=O)Nc2ccc([N+](=O)[O-])cc2Cl)c[nH]1. The minimum Gasteiger partial charge on any atom is -0.328 e. The van der Waals surface area contributed by atoms with Gasteiger partial charge >= 0.3 is 0 Å². The zero-order valence-corrected chi connectivity index (χ0v) is 11.8. The van der Waals surface area contributed by atoms with Crippen LogP contribution in [-0.4, -0.2) is 18.3 Å².